The van der Waals surface area contributed by atoms with Gasteiger partial charge in [0.05, 0.1) is 9.85 Å². The van der Waals surface area contributed by atoms with E-state index in [0.717, 1.165) is 0 Å². The van der Waals surface area contributed by atoms with Crippen molar-refractivity contribution in [3.8, 4) is 0 Å². The minimum absolute atomic E-state index is 0.105. The van der Waals surface area contributed by atoms with Crippen LogP contribution in [-0.4, -0.2) is 26.7 Å². The summed E-state index contributed by atoms with van der Waals surface area (Å²) in [5.41, 5.74) is -0.891. The molecule has 8 nitrogen and oxygen atoms in total. The van der Waals surface area contributed by atoms with Crippen molar-refractivity contribution in [2.24, 2.45) is 0 Å². The molecule has 0 radical (unpaired) electrons. The van der Waals surface area contributed by atoms with Crippen LogP contribution < -0.4 is 0 Å². The van der Waals surface area contributed by atoms with E-state index in [0.29, 0.717) is 17.5 Å². The molecule has 0 amide bonds. The number of rotatable bonds is 7. The van der Waals surface area contributed by atoms with Crippen LogP contribution in [0.2, 0.25) is 0 Å². The van der Waals surface area contributed by atoms with Gasteiger partial charge < -0.3 is 10.2 Å². The summed E-state index contributed by atoms with van der Waals surface area (Å²) in [5.74, 6) is 0. The highest BCUT2D eigenvalue weighted by Crippen LogP contribution is 2.35. The summed E-state index contributed by atoms with van der Waals surface area (Å²) in [7, 11) is 0. The molecule has 2 aromatic carbocycles. The van der Waals surface area contributed by atoms with E-state index in [9.17, 15) is 25.3 Å². The zero-order valence-electron chi connectivity index (χ0n) is 12.7. The number of nitro groups is 2. The number of aliphatic hydroxyl groups is 2. The minimum atomic E-state index is -1.51. The molecule has 0 saturated heterocycles. The first kappa shape index (κ1) is 17.5. The second kappa shape index (κ2) is 7.16. The Kier molecular flexibility index (Phi) is 5.22. The van der Waals surface area contributed by atoms with Crippen LogP contribution in [0, 0.1) is 20.2 Å². The Morgan fingerprint density at radius 1 is 0.833 bits per heavy atom. The van der Waals surface area contributed by atoms with Crippen LogP contribution in [0.25, 0.3) is 0 Å². The van der Waals surface area contributed by atoms with E-state index in [1.54, 1.807) is 0 Å². The standard InChI is InChI=1S/C16H16N2O6/c19-11-1-10-16(20,12-2-6-14(7-3-12)17(21)22)13-4-8-15(9-5-13)18(23)24/h2-9,19-20H,1,10-11H2. The molecule has 0 atom stereocenters. The van der Waals surface area contributed by atoms with Gasteiger partial charge in [0, 0.05) is 30.9 Å². The highest BCUT2D eigenvalue weighted by atomic mass is 16.6. The third kappa shape index (κ3) is 3.55. The molecule has 0 aliphatic carbocycles. The summed E-state index contributed by atoms with van der Waals surface area (Å²) >= 11 is 0. The number of nitrogens with zero attached hydrogens (tertiary/aromatic N) is 2. The van der Waals surface area contributed by atoms with Crippen LogP contribution in [0.4, 0.5) is 11.4 Å². The van der Waals surface area contributed by atoms with Crippen molar-refractivity contribution in [1.29, 1.82) is 0 Å². The Hall–Kier alpha value is -2.84. The number of hydrogen-bond donors (Lipinski definition) is 2. The highest BCUT2D eigenvalue weighted by molar-refractivity contribution is 5.43. The van der Waals surface area contributed by atoms with E-state index in [2.05, 4.69) is 0 Å². The first-order chi connectivity index (χ1) is 11.4. The minimum Gasteiger partial charge on any atom is -0.396 e. The maximum Gasteiger partial charge on any atom is 0.269 e. The molecule has 0 aliphatic rings. The normalized spacial score (nSPS) is 11.2. The zero-order valence-corrected chi connectivity index (χ0v) is 12.7. The first-order valence-electron chi connectivity index (χ1n) is 7.21. The number of hydrogen-bond acceptors (Lipinski definition) is 6. The van der Waals surface area contributed by atoms with Crippen LogP contribution in [-0.2, 0) is 5.60 Å². The highest BCUT2D eigenvalue weighted by Gasteiger charge is 2.31. The van der Waals surface area contributed by atoms with Gasteiger partial charge in [-0.2, -0.15) is 0 Å². The SMILES string of the molecule is O=[N+]([O-])c1ccc(C(O)(CCCO)c2ccc([N+](=O)[O-])cc2)cc1. The van der Waals surface area contributed by atoms with Crippen molar-refractivity contribution in [2.75, 3.05) is 6.61 Å². The molecular formula is C16H16N2O6. The Morgan fingerprint density at radius 3 is 1.50 bits per heavy atom. The lowest BCUT2D eigenvalue weighted by Gasteiger charge is -2.29. The van der Waals surface area contributed by atoms with Gasteiger partial charge in [-0.25, -0.2) is 0 Å². The third-order valence-corrected chi connectivity index (χ3v) is 3.81. The summed E-state index contributed by atoms with van der Waals surface area (Å²) in [6.45, 7) is -0.137. The zero-order chi connectivity index (χ0) is 17.7. The third-order valence-electron chi connectivity index (χ3n) is 3.81. The summed E-state index contributed by atoms with van der Waals surface area (Å²) in [5, 5.41) is 41.7. The van der Waals surface area contributed by atoms with Crippen LogP contribution >= 0.6 is 0 Å². The Balaban J connectivity index is 2.44. The van der Waals surface area contributed by atoms with Crippen molar-refractivity contribution in [3.63, 3.8) is 0 Å². The molecule has 0 saturated carbocycles. The second-order valence-electron chi connectivity index (χ2n) is 5.30. The van der Waals surface area contributed by atoms with E-state index < -0.39 is 15.4 Å². The average Bonchev–Trinajstić information content (AvgIpc) is 2.59. The van der Waals surface area contributed by atoms with Crippen molar-refractivity contribution >= 4 is 11.4 Å². The van der Waals surface area contributed by atoms with Gasteiger partial charge in [-0.15, -0.1) is 0 Å². The number of benzene rings is 2. The molecule has 2 N–H and O–H groups in total. The van der Waals surface area contributed by atoms with Crippen LogP contribution in [0.1, 0.15) is 24.0 Å². The van der Waals surface area contributed by atoms with Gasteiger partial charge in [-0.05, 0) is 48.2 Å². The number of nitro benzene ring substituents is 2. The van der Waals surface area contributed by atoms with Gasteiger partial charge >= 0.3 is 0 Å². The first-order valence-corrected chi connectivity index (χ1v) is 7.21. The second-order valence-corrected chi connectivity index (χ2v) is 5.30. The fraction of sp³-hybridized carbons (Fsp3) is 0.250. The molecule has 0 unspecified atom stereocenters. The van der Waals surface area contributed by atoms with Crippen molar-refractivity contribution in [3.05, 3.63) is 79.9 Å². The fourth-order valence-electron chi connectivity index (χ4n) is 2.51. The Labute approximate surface area is 137 Å². The van der Waals surface area contributed by atoms with Crippen molar-refractivity contribution < 1.29 is 20.1 Å². The molecule has 0 bridgehead atoms. The van der Waals surface area contributed by atoms with Gasteiger partial charge in [0.1, 0.15) is 5.60 Å². The molecule has 24 heavy (non-hydrogen) atoms. The number of aliphatic hydroxyl groups excluding tert-OH is 1. The van der Waals surface area contributed by atoms with Crippen LogP contribution in [0.3, 0.4) is 0 Å². The fourth-order valence-corrected chi connectivity index (χ4v) is 2.51. The molecule has 0 aliphatic heterocycles. The van der Waals surface area contributed by atoms with E-state index in [4.69, 9.17) is 5.11 Å². The Bertz CT molecular complexity index is 670. The van der Waals surface area contributed by atoms with Gasteiger partial charge in [0.15, 0.2) is 0 Å². The molecule has 8 heteroatoms. The van der Waals surface area contributed by atoms with Gasteiger partial charge in [-0.1, -0.05) is 0 Å². The smallest absolute Gasteiger partial charge is 0.269 e. The lowest BCUT2D eigenvalue weighted by atomic mass is 9.82. The van der Waals surface area contributed by atoms with Crippen molar-refractivity contribution in [1.82, 2.24) is 0 Å². The summed E-state index contributed by atoms with van der Waals surface area (Å²) in [4.78, 5) is 20.4. The van der Waals surface area contributed by atoms with Gasteiger partial charge in [-0.3, -0.25) is 20.2 Å². The molecule has 126 valence electrons. The quantitative estimate of drug-likeness (QED) is 0.592. The maximum absolute atomic E-state index is 11.1. The molecular weight excluding hydrogens is 316 g/mol. The molecule has 0 aromatic heterocycles. The monoisotopic (exact) mass is 332 g/mol. The average molecular weight is 332 g/mol. The predicted octanol–water partition coefficient (Wildman–Crippen LogP) is 2.51. The molecule has 2 rings (SSSR count). The lowest BCUT2D eigenvalue weighted by Crippen LogP contribution is -2.27. The van der Waals surface area contributed by atoms with E-state index in [1.807, 2.05) is 0 Å². The van der Waals surface area contributed by atoms with E-state index in [-0.39, 0.29) is 24.4 Å². The molecule has 0 spiro atoms. The number of non-ortho nitro benzene ring substituents is 2. The lowest BCUT2D eigenvalue weighted by molar-refractivity contribution is -0.385. The molecule has 0 heterocycles. The Morgan fingerprint density at radius 2 is 1.21 bits per heavy atom. The summed E-state index contributed by atoms with van der Waals surface area (Å²) < 4.78 is 0. The van der Waals surface area contributed by atoms with Gasteiger partial charge in [0.2, 0.25) is 0 Å². The maximum atomic E-state index is 11.1. The van der Waals surface area contributed by atoms with Crippen LogP contribution in [0.5, 0.6) is 0 Å². The predicted molar refractivity (Wildman–Crippen MR) is 85.5 cm³/mol. The largest absolute Gasteiger partial charge is 0.396 e. The topological polar surface area (TPSA) is 127 Å². The summed E-state index contributed by atoms with van der Waals surface area (Å²) in [6.07, 6.45) is 0.462. The van der Waals surface area contributed by atoms with E-state index >= 15 is 0 Å². The van der Waals surface area contributed by atoms with E-state index in [1.165, 1.54) is 48.5 Å². The van der Waals surface area contributed by atoms with Gasteiger partial charge in [0.25, 0.3) is 11.4 Å². The summed E-state index contributed by atoms with van der Waals surface area (Å²) in [6, 6.07) is 10.9. The molecule has 0 fully saturated rings. The molecule has 2 aromatic rings. The van der Waals surface area contributed by atoms with Crippen LogP contribution in [0.15, 0.2) is 48.5 Å². The van der Waals surface area contributed by atoms with Crippen molar-refractivity contribution in [2.45, 2.75) is 18.4 Å².